The van der Waals surface area contributed by atoms with Gasteiger partial charge in [0.15, 0.2) is 0 Å². The highest BCUT2D eigenvalue weighted by molar-refractivity contribution is 6.31. The quantitative estimate of drug-likeness (QED) is 0.826. The fourth-order valence-electron chi connectivity index (χ4n) is 1.09. The highest BCUT2D eigenvalue weighted by Crippen LogP contribution is 2.30. The first-order chi connectivity index (χ1) is 6.35. The maximum atomic E-state index is 12.9. The van der Waals surface area contributed by atoms with Crippen molar-refractivity contribution in [1.82, 2.24) is 0 Å². The van der Waals surface area contributed by atoms with Crippen molar-refractivity contribution < 1.29 is 14.3 Å². The lowest BCUT2D eigenvalue weighted by atomic mass is 9.85. The number of aliphatic carboxylic acids is 1. The van der Waals surface area contributed by atoms with Gasteiger partial charge in [0, 0.05) is 5.02 Å². The lowest BCUT2D eigenvalue weighted by Crippen LogP contribution is -2.28. The SMILES string of the molecule is CC(C)(C(=O)O)c1cc(F)ccc1Cl. The fourth-order valence-corrected chi connectivity index (χ4v) is 1.45. The Morgan fingerprint density at radius 2 is 2.07 bits per heavy atom. The molecule has 2 nitrogen and oxygen atoms in total. The summed E-state index contributed by atoms with van der Waals surface area (Å²) in [6.07, 6.45) is 0. The molecule has 0 aromatic heterocycles. The van der Waals surface area contributed by atoms with Crippen molar-refractivity contribution in [2.75, 3.05) is 0 Å². The van der Waals surface area contributed by atoms with E-state index in [4.69, 9.17) is 16.7 Å². The predicted octanol–water partition coefficient (Wildman–Crippen LogP) is 2.84. The van der Waals surface area contributed by atoms with Crippen molar-refractivity contribution in [3.8, 4) is 0 Å². The average molecular weight is 217 g/mol. The summed E-state index contributed by atoms with van der Waals surface area (Å²) in [7, 11) is 0. The number of benzene rings is 1. The molecule has 1 aromatic carbocycles. The smallest absolute Gasteiger partial charge is 0.313 e. The molecule has 0 fully saturated rings. The van der Waals surface area contributed by atoms with Gasteiger partial charge in [0.2, 0.25) is 0 Å². The summed E-state index contributed by atoms with van der Waals surface area (Å²) in [4.78, 5) is 10.9. The van der Waals surface area contributed by atoms with E-state index in [1.807, 2.05) is 0 Å². The minimum atomic E-state index is -1.18. The maximum Gasteiger partial charge on any atom is 0.313 e. The zero-order chi connectivity index (χ0) is 10.9. The largest absolute Gasteiger partial charge is 0.481 e. The topological polar surface area (TPSA) is 37.3 Å². The Hall–Kier alpha value is -1.09. The van der Waals surface area contributed by atoms with Gasteiger partial charge in [-0.1, -0.05) is 11.6 Å². The van der Waals surface area contributed by atoms with Gasteiger partial charge >= 0.3 is 5.97 Å². The van der Waals surface area contributed by atoms with Crippen molar-refractivity contribution in [2.24, 2.45) is 0 Å². The van der Waals surface area contributed by atoms with Gasteiger partial charge in [-0.3, -0.25) is 4.79 Å². The summed E-state index contributed by atoms with van der Waals surface area (Å²) in [5.41, 5.74) is -0.897. The molecular weight excluding hydrogens is 207 g/mol. The Bertz CT molecular complexity index is 374. The normalized spacial score (nSPS) is 11.4. The molecule has 4 heteroatoms. The Balaban J connectivity index is 3.31. The van der Waals surface area contributed by atoms with Crippen LogP contribution < -0.4 is 0 Å². The molecule has 0 heterocycles. The third-order valence-corrected chi connectivity index (χ3v) is 2.47. The summed E-state index contributed by atoms with van der Waals surface area (Å²) in [5.74, 6) is -1.52. The molecule has 14 heavy (non-hydrogen) atoms. The number of halogens is 2. The van der Waals surface area contributed by atoms with Crippen molar-refractivity contribution >= 4 is 17.6 Å². The highest BCUT2D eigenvalue weighted by atomic mass is 35.5. The number of hydrogen-bond donors (Lipinski definition) is 1. The van der Waals surface area contributed by atoms with Crippen LogP contribution in [0.5, 0.6) is 0 Å². The molecule has 0 spiro atoms. The highest BCUT2D eigenvalue weighted by Gasteiger charge is 2.31. The second-order valence-corrected chi connectivity index (χ2v) is 3.96. The Morgan fingerprint density at radius 3 is 2.57 bits per heavy atom. The zero-order valence-electron chi connectivity index (χ0n) is 7.84. The number of hydrogen-bond acceptors (Lipinski definition) is 1. The summed E-state index contributed by atoms with van der Waals surface area (Å²) in [6, 6.07) is 3.71. The van der Waals surface area contributed by atoms with Crippen LogP contribution in [-0.4, -0.2) is 11.1 Å². The lowest BCUT2D eigenvalue weighted by molar-refractivity contribution is -0.142. The molecule has 0 bridgehead atoms. The molecular formula is C10H10ClFO2. The maximum absolute atomic E-state index is 12.9. The van der Waals surface area contributed by atoms with E-state index in [0.717, 1.165) is 6.07 Å². The lowest BCUT2D eigenvalue weighted by Gasteiger charge is -2.20. The molecule has 1 aromatic rings. The van der Waals surface area contributed by atoms with E-state index in [-0.39, 0.29) is 10.6 Å². The first kappa shape index (κ1) is 11.0. The van der Waals surface area contributed by atoms with Crippen LogP contribution in [0.25, 0.3) is 0 Å². The summed E-state index contributed by atoms with van der Waals surface area (Å²) in [6.45, 7) is 2.96. The van der Waals surface area contributed by atoms with Gasteiger partial charge in [-0.15, -0.1) is 0 Å². The van der Waals surface area contributed by atoms with Crippen LogP contribution in [-0.2, 0) is 10.2 Å². The van der Waals surface area contributed by atoms with Gasteiger partial charge in [0.25, 0.3) is 0 Å². The number of carboxylic acids is 1. The van der Waals surface area contributed by atoms with E-state index in [0.29, 0.717) is 0 Å². The molecule has 0 aliphatic heterocycles. The van der Waals surface area contributed by atoms with Crippen LogP contribution in [0.4, 0.5) is 4.39 Å². The van der Waals surface area contributed by atoms with Gasteiger partial charge in [-0.2, -0.15) is 0 Å². The van der Waals surface area contributed by atoms with Crippen LogP contribution in [0.1, 0.15) is 19.4 Å². The zero-order valence-corrected chi connectivity index (χ0v) is 8.60. The van der Waals surface area contributed by atoms with Crippen molar-refractivity contribution in [1.29, 1.82) is 0 Å². The summed E-state index contributed by atoms with van der Waals surface area (Å²) in [5, 5.41) is 9.19. The van der Waals surface area contributed by atoms with Gasteiger partial charge in [-0.25, -0.2) is 4.39 Å². The molecule has 0 amide bonds. The molecule has 0 saturated heterocycles. The molecule has 0 atom stereocenters. The minimum absolute atomic E-state index is 0.263. The van der Waals surface area contributed by atoms with Crippen LogP contribution in [0, 0.1) is 5.82 Å². The van der Waals surface area contributed by atoms with E-state index in [1.165, 1.54) is 26.0 Å². The molecule has 76 valence electrons. The van der Waals surface area contributed by atoms with E-state index in [2.05, 4.69) is 0 Å². The van der Waals surface area contributed by atoms with Gasteiger partial charge < -0.3 is 5.11 Å². The monoisotopic (exact) mass is 216 g/mol. The second kappa shape index (κ2) is 3.58. The Morgan fingerprint density at radius 1 is 1.50 bits per heavy atom. The first-order valence-electron chi connectivity index (χ1n) is 4.04. The van der Waals surface area contributed by atoms with Gasteiger partial charge in [0.05, 0.1) is 5.41 Å². The first-order valence-corrected chi connectivity index (χ1v) is 4.42. The molecule has 0 unspecified atom stereocenters. The predicted molar refractivity (Wildman–Crippen MR) is 52.1 cm³/mol. The molecule has 1 N–H and O–H groups in total. The van der Waals surface area contributed by atoms with Crippen LogP contribution >= 0.6 is 11.6 Å². The van der Waals surface area contributed by atoms with E-state index in [1.54, 1.807) is 0 Å². The number of carbonyl (C=O) groups is 1. The van der Waals surface area contributed by atoms with Crippen LogP contribution in [0.15, 0.2) is 18.2 Å². The Kier molecular flexibility index (Phi) is 2.81. The molecule has 0 aliphatic carbocycles. The van der Waals surface area contributed by atoms with Gasteiger partial charge in [-0.05, 0) is 37.6 Å². The van der Waals surface area contributed by atoms with Crippen molar-refractivity contribution in [2.45, 2.75) is 19.3 Å². The van der Waals surface area contributed by atoms with Crippen LogP contribution in [0.2, 0.25) is 5.02 Å². The molecule has 1 rings (SSSR count). The average Bonchev–Trinajstić information content (AvgIpc) is 2.08. The van der Waals surface area contributed by atoms with Crippen LogP contribution in [0.3, 0.4) is 0 Å². The van der Waals surface area contributed by atoms with E-state index in [9.17, 15) is 9.18 Å². The van der Waals surface area contributed by atoms with Gasteiger partial charge in [0.1, 0.15) is 5.82 Å². The summed E-state index contributed by atoms with van der Waals surface area (Å²) >= 11 is 5.79. The standard InChI is InChI=1S/C10H10ClFO2/c1-10(2,9(13)14)7-5-6(12)3-4-8(7)11/h3-5H,1-2H3,(H,13,14). The fraction of sp³-hybridized carbons (Fsp3) is 0.300. The number of carboxylic acid groups (broad SMARTS) is 1. The van der Waals surface area contributed by atoms with E-state index >= 15 is 0 Å². The van der Waals surface area contributed by atoms with Crippen molar-refractivity contribution in [3.63, 3.8) is 0 Å². The van der Waals surface area contributed by atoms with Crippen molar-refractivity contribution in [3.05, 3.63) is 34.6 Å². The summed E-state index contributed by atoms with van der Waals surface area (Å²) < 4.78 is 12.9. The van der Waals surface area contributed by atoms with E-state index < -0.39 is 17.2 Å². The molecule has 0 saturated carbocycles. The minimum Gasteiger partial charge on any atom is -0.481 e. The Labute approximate surface area is 86.3 Å². The third kappa shape index (κ3) is 1.87. The second-order valence-electron chi connectivity index (χ2n) is 3.55. The molecule has 0 radical (unpaired) electrons. The third-order valence-electron chi connectivity index (χ3n) is 2.14. The molecule has 0 aliphatic rings. The number of rotatable bonds is 2.